The Morgan fingerprint density at radius 3 is 2.80 bits per heavy atom. The molecule has 0 aliphatic carbocycles. The Bertz CT molecular complexity index is 432. The van der Waals surface area contributed by atoms with Gasteiger partial charge in [0, 0.05) is 25.1 Å². The maximum Gasteiger partial charge on any atom is 0.221 e. The van der Waals surface area contributed by atoms with Crippen LogP contribution in [-0.4, -0.2) is 25.6 Å². The third-order valence-electron chi connectivity index (χ3n) is 3.20. The van der Waals surface area contributed by atoms with E-state index in [1.54, 1.807) is 0 Å². The van der Waals surface area contributed by atoms with E-state index < -0.39 is 0 Å². The number of carbonyl (C=O) groups excluding carboxylic acids is 1. The molecule has 0 bridgehead atoms. The van der Waals surface area contributed by atoms with Crippen molar-refractivity contribution in [2.75, 3.05) is 13.6 Å². The van der Waals surface area contributed by atoms with Crippen molar-refractivity contribution in [3.8, 4) is 5.75 Å². The quantitative estimate of drug-likeness (QED) is 0.767. The summed E-state index contributed by atoms with van der Waals surface area (Å²) in [5.41, 5.74) is 2.18. The lowest BCUT2D eigenvalue weighted by Crippen LogP contribution is -2.26. The van der Waals surface area contributed by atoms with Crippen LogP contribution in [0.5, 0.6) is 5.75 Å². The van der Waals surface area contributed by atoms with E-state index in [1.807, 2.05) is 32.2 Å². The van der Waals surface area contributed by atoms with Gasteiger partial charge < -0.3 is 15.4 Å². The van der Waals surface area contributed by atoms with Crippen molar-refractivity contribution in [3.63, 3.8) is 0 Å². The van der Waals surface area contributed by atoms with Gasteiger partial charge in [-0.1, -0.05) is 19.1 Å². The van der Waals surface area contributed by atoms with E-state index in [1.165, 1.54) is 0 Å². The second-order valence-electron chi connectivity index (χ2n) is 5.08. The minimum Gasteiger partial charge on any atom is -0.490 e. The van der Waals surface area contributed by atoms with Crippen molar-refractivity contribution < 1.29 is 9.53 Å². The Balaban J connectivity index is 2.66. The van der Waals surface area contributed by atoms with E-state index in [9.17, 15) is 4.79 Å². The fourth-order valence-corrected chi connectivity index (χ4v) is 1.74. The number of carbonyl (C=O) groups is 1. The molecule has 1 aromatic rings. The molecule has 1 amide bonds. The number of benzene rings is 1. The van der Waals surface area contributed by atoms with Crippen molar-refractivity contribution in [2.45, 2.75) is 46.3 Å². The van der Waals surface area contributed by atoms with Gasteiger partial charge in [-0.3, -0.25) is 4.79 Å². The molecule has 112 valence electrons. The Hall–Kier alpha value is -1.55. The van der Waals surface area contributed by atoms with Crippen LogP contribution in [0.1, 0.15) is 37.8 Å². The van der Waals surface area contributed by atoms with Crippen LogP contribution in [0.3, 0.4) is 0 Å². The van der Waals surface area contributed by atoms with E-state index in [4.69, 9.17) is 4.74 Å². The summed E-state index contributed by atoms with van der Waals surface area (Å²) < 4.78 is 5.93. The molecule has 0 saturated heterocycles. The molecule has 20 heavy (non-hydrogen) atoms. The maximum atomic E-state index is 11.6. The van der Waals surface area contributed by atoms with Crippen LogP contribution < -0.4 is 15.4 Å². The molecule has 2 N–H and O–H groups in total. The fourth-order valence-electron chi connectivity index (χ4n) is 1.74. The molecular formula is C16H26N2O2. The standard InChI is InChI=1S/C16H26N2O2/c1-5-13(3)20-15-10-12(2)6-7-14(15)11-18-16(19)8-9-17-4/h6-7,10,13,17H,5,8-9,11H2,1-4H3,(H,18,19). The van der Waals surface area contributed by atoms with Gasteiger partial charge in [0.15, 0.2) is 0 Å². The summed E-state index contributed by atoms with van der Waals surface area (Å²) in [6.45, 7) is 7.39. The molecule has 0 aliphatic heterocycles. The fraction of sp³-hybridized carbons (Fsp3) is 0.562. The first kappa shape index (κ1) is 16.5. The van der Waals surface area contributed by atoms with E-state index >= 15 is 0 Å². The van der Waals surface area contributed by atoms with Gasteiger partial charge in [-0.25, -0.2) is 0 Å². The smallest absolute Gasteiger partial charge is 0.221 e. The van der Waals surface area contributed by atoms with Crippen LogP contribution in [0.4, 0.5) is 0 Å². The van der Waals surface area contributed by atoms with Crippen LogP contribution in [0, 0.1) is 6.92 Å². The highest BCUT2D eigenvalue weighted by molar-refractivity contribution is 5.76. The highest BCUT2D eigenvalue weighted by atomic mass is 16.5. The number of rotatable bonds is 8. The molecule has 0 heterocycles. The first-order valence-electron chi connectivity index (χ1n) is 7.24. The molecule has 1 atom stereocenters. The van der Waals surface area contributed by atoms with Gasteiger partial charge in [-0.05, 0) is 38.9 Å². The van der Waals surface area contributed by atoms with Gasteiger partial charge in [0.1, 0.15) is 5.75 Å². The highest BCUT2D eigenvalue weighted by Gasteiger charge is 2.09. The summed E-state index contributed by atoms with van der Waals surface area (Å²) in [5.74, 6) is 0.919. The molecular weight excluding hydrogens is 252 g/mol. The average molecular weight is 278 g/mol. The average Bonchev–Trinajstić information content (AvgIpc) is 2.44. The second kappa shape index (κ2) is 8.59. The molecule has 0 saturated carbocycles. The molecule has 0 spiro atoms. The third-order valence-corrected chi connectivity index (χ3v) is 3.20. The maximum absolute atomic E-state index is 11.6. The first-order valence-corrected chi connectivity index (χ1v) is 7.24. The minimum atomic E-state index is 0.0504. The Kier molecular flexibility index (Phi) is 7.09. The van der Waals surface area contributed by atoms with Gasteiger partial charge in [0.25, 0.3) is 0 Å². The Morgan fingerprint density at radius 2 is 2.15 bits per heavy atom. The van der Waals surface area contributed by atoms with Gasteiger partial charge in [0.2, 0.25) is 5.91 Å². The summed E-state index contributed by atoms with van der Waals surface area (Å²) in [5, 5.41) is 5.89. The molecule has 0 aromatic heterocycles. The SMILES string of the molecule is CCC(C)Oc1cc(C)ccc1CNC(=O)CCNC. The summed E-state index contributed by atoms with van der Waals surface area (Å²) >= 11 is 0. The van der Waals surface area contributed by atoms with Crippen molar-refractivity contribution >= 4 is 5.91 Å². The topological polar surface area (TPSA) is 50.4 Å². The molecule has 0 fully saturated rings. The van der Waals surface area contributed by atoms with Crippen molar-refractivity contribution in [2.24, 2.45) is 0 Å². The molecule has 1 rings (SSSR count). The van der Waals surface area contributed by atoms with Crippen molar-refractivity contribution in [1.82, 2.24) is 10.6 Å². The first-order chi connectivity index (χ1) is 9.56. The Labute approximate surface area is 121 Å². The number of hydrogen-bond donors (Lipinski definition) is 2. The van der Waals surface area contributed by atoms with E-state index in [0.29, 0.717) is 19.5 Å². The predicted molar refractivity (Wildman–Crippen MR) is 82.0 cm³/mol. The minimum absolute atomic E-state index is 0.0504. The summed E-state index contributed by atoms with van der Waals surface area (Å²) in [7, 11) is 1.84. The lowest BCUT2D eigenvalue weighted by atomic mass is 10.1. The number of hydrogen-bond acceptors (Lipinski definition) is 3. The van der Waals surface area contributed by atoms with Gasteiger partial charge >= 0.3 is 0 Å². The zero-order chi connectivity index (χ0) is 15.0. The highest BCUT2D eigenvalue weighted by Crippen LogP contribution is 2.22. The van der Waals surface area contributed by atoms with Gasteiger partial charge in [-0.15, -0.1) is 0 Å². The third kappa shape index (κ3) is 5.61. The van der Waals surface area contributed by atoms with Crippen molar-refractivity contribution in [1.29, 1.82) is 0 Å². The van der Waals surface area contributed by atoms with Crippen LogP contribution in [0.2, 0.25) is 0 Å². The molecule has 1 unspecified atom stereocenters. The summed E-state index contributed by atoms with van der Waals surface area (Å²) in [6.07, 6.45) is 1.63. The lowest BCUT2D eigenvalue weighted by molar-refractivity contribution is -0.121. The van der Waals surface area contributed by atoms with E-state index in [2.05, 4.69) is 24.5 Å². The lowest BCUT2D eigenvalue weighted by Gasteiger charge is -2.17. The molecule has 4 heteroatoms. The number of amides is 1. The summed E-state index contributed by atoms with van der Waals surface area (Å²) in [6, 6.07) is 6.09. The number of ether oxygens (including phenoxy) is 1. The molecule has 1 aromatic carbocycles. The normalized spacial score (nSPS) is 12.0. The molecule has 0 aliphatic rings. The molecule has 0 radical (unpaired) electrons. The second-order valence-corrected chi connectivity index (χ2v) is 5.08. The monoisotopic (exact) mass is 278 g/mol. The van der Waals surface area contributed by atoms with Crippen LogP contribution >= 0.6 is 0 Å². The van der Waals surface area contributed by atoms with Crippen molar-refractivity contribution in [3.05, 3.63) is 29.3 Å². The largest absolute Gasteiger partial charge is 0.490 e. The zero-order valence-corrected chi connectivity index (χ0v) is 13.0. The summed E-state index contributed by atoms with van der Waals surface area (Å²) in [4.78, 5) is 11.6. The Morgan fingerprint density at radius 1 is 1.40 bits per heavy atom. The van der Waals surface area contributed by atoms with Gasteiger partial charge in [-0.2, -0.15) is 0 Å². The number of nitrogens with one attached hydrogen (secondary N) is 2. The zero-order valence-electron chi connectivity index (χ0n) is 13.0. The number of aryl methyl sites for hydroxylation is 1. The van der Waals surface area contributed by atoms with Crippen LogP contribution in [0.25, 0.3) is 0 Å². The van der Waals surface area contributed by atoms with E-state index in [-0.39, 0.29) is 12.0 Å². The van der Waals surface area contributed by atoms with Crippen LogP contribution in [0.15, 0.2) is 18.2 Å². The van der Waals surface area contributed by atoms with Crippen LogP contribution in [-0.2, 0) is 11.3 Å². The van der Waals surface area contributed by atoms with E-state index in [0.717, 1.165) is 23.3 Å². The molecule has 4 nitrogen and oxygen atoms in total. The predicted octanol–water partition coefficient (Wildman–Crippen LogP) is 2.40. The van der Waals surface area contributed by atoms with Gasteiger partial charge in [0.05, 0.1) is 6.10 Å².